The third-order valence-electron chi connectivity index (χ3n) is 4.14. The summed E-state index contributed by atoms with van der Waals surface area (Å²) in [6, 6.07) is 7.48. The molecule has 1 aliphatic rings. The summed E-state index contributed by atoms with van der Waals surface area (Å²) in [7, 11) is 0. The first-order chi connectivity index (χ1) is 11.0. The number of aromatic nitrogens is 3. The molecular weight excluding hydrogens is 429 g/mol. The number of amides is 1. The molecule has 1 heterocycles. The van der Waals surface area contributed by atoms with E-state index in [-0.39, 0.29) is 30.7 Å². The Bertz CT molecular complexity index is 701. The third kappa shape index (κ3) is 5.17. The van der Waals surface area contributed by atoms with Gasteiger partial charge in [0.2, 0.25) is 5.91 Å². The number of hydrogen-bond donors (Lipinski definition) is 2. The number of halogens is 3. The summed E-state index contributed by atoms with van der Waals surface area (Å²) in [4.78, 5) is 12.4. The minimum absolute atomic E-state index is 0. The number of carbonyl (C=O) groups excluding carboxylic acids is 1. The van der Waals surface area contributed by atoms with Crippen molar-refractivity contribution < 1.29 is 4.79 Å². The molecule has 1 fully saturated rings. The van der Waals surface area contributed by atoms with Crippen LogP contribution in [0, 0.1) is 0 Å². The van der Waals surface area contributed by atoms with Crippen molar-refractivity contribution in [3.63, 3.8) is 0 Å². The summed E-state index contributed by atoms with van der Waals surface area (Å²) in [6.45, 7) is 2.88. The monoisotopic (exact) mass is 449 g/mol. The third-order valence-corrected chi connectivity index (χ3v) is 4.67. The van der Waals surface area contributed by atoms with Gasteiger partial charge in [0.1, 0.15) is 17.7 Å². The molecule has 0 saturated heterocycles. The van der Waals surface area contributed by atoms with Crippen molar-refractivity contribution in [3.05, 3.63) is 46.5 Å². The normalized spacial score (nSPS) is 15.5. The summed E-state index contributed by atoms with van der Waals surface area (Å²) in [5.41, 5.74) is 5.94. The van der Waals surface area contributed by atoms with E-state index in [4.69, 9.17) is 5.73 Å². The van der Waals surface area contributed by atoms with Gasteiger partial charge in [-0.05, 0) is 37.5 Å². The average Bonchev–Trinajstić information content (AvgIpc) is 3.27. The van der Waals surface area contributed by atoms with Crippen LogP contribution < -0.4 is 11.1 Å². The number of benzene rings is 1. The fourth-order valence-corrected chi connectivity index (χ4v) is 2.76. The van der Waals surface area contributed by atoms with E-state index in [9.17, 15) is 4.79 Å². The second kappa shape index (κ2) is 8.98. The molecule has 138 valence electrons. The van der Waals surface area contributed by atoms with Gasteiger partial charge < -0.3 is 15.6 Å². The van der Waals surface area contributed by atoms with Gasteiger partial charge in [0.05, 0.1) is 0 Å². The molecule has 1 saturated carbocycles. The van der Waals surface area contributed by atoms with Crippen LogP contribution in [-0.2, 0) is 16.9 Å². The number of nitrogens with one attached hydrogen (secondary N) is 1. The predicted octanol–water partition coefficient (Wildman–Crippen LogP) is 2.75. The highest BCUT2D eigenvalue weighted by Crippen LogP contribution is 2.38. The molecular formula is C16H22BrCl2N5O. The Morgan fingerprint density at radius 1 is 1.36 bits per heavy atom. The molecule has 6 nitrogen and oxygen atoms in total. The van der Waals surface area contributed by atoms with Crippen LogP contribution in [0.5, 0.6) is 0 Å². The van der Waals surface area contributed by atoms with Crippen molar-refractivity contribution in [2.24, 2.45) is 5.73 Å². The van der Waals surface area contributed by atoms with E-state index in [1.54, 1.807) is 13.3 Å². The molecule has 2 aromatic rings. The number of hydrogen-bond acceptors (Lipinski definition) is 4. The molecule has 3 rings (SSSR count). The summed E-state index contributed by atoms with van der Waals surface area (Å²) >= 11 is 3.38. The molecule has 1 amide bonds. The van der Waals surface area contributed by atoms with Gasteiger partial charge in [0.15, 0.2) is 0 Å². The topological polar surface area (TPSA) is 85.8 Å². The standard InChI is InChI=1S/C16H20BrN5O.2ClH/c1-16(18,12-4-6-13(17)7-5-12)15(23)19-8-9-22-10-20-21-14(22)11-2-3-11;;/h4-7,10-11H,2-3,8-9,18H2,1H3,(H,19,23);2*1H. The van der Waals surface area contributed by atoms with E-state index >= 15 is 0 Å². The van der Waals surface area contributed by atoms with Crippen molar-refractivity contribution >= 4 is 46.7 Å². The number of nitrogens with zero attached hydrogens (tertiary/aromatic N) is 3. The second-order valence-electron chi connectivity index (χ2n) is 6.12. The zero-order valence-corrected chi connectivity index (χ0v) is 17.0. The maximum atomic E-state index is 12.4. The molecule has 1 aromatic heterocycles. The van der Waals surface area contributed by atoms with Crippen molar-refractivity contribution in [2.75, 3.05) is 6.54 Å². The van der Waals surface area contributed by atoms with E-state index in [2.05, 4.69) is 31.4 Å². The number of nitrogens with two attached hydrogens (primary N) is 1. The summed E-state index contributed by atoms with van der Waals surface area (Å²) in [6.07, 6.45) is 4.07. The zero-order chi connectivity index (χ0) is 16.4. The largest absolute Gasteiger partial charge is 0.352 e. The quantitative estimate of drug-likeness (QED) is 0.708. The molecule has 25 heavy (non-hydrogen) atoms. The average molecular weight is 451 g/mol. The molecule has 0 aliphatic heterocycles. The lowest BCUT2D eigenvalue weighted by molar-refractivity contribution is -0.126. The summed E-state index contributed by atoms with van der Waals surface area (Å²) in [5.74, 6) is 1.36. The molecule has 0 bridgehead atoms. The lowest BCUT2D eigenvalue weighted by atomic mass is 9.92. The lowest BCUT2D eigenvalue weighted by Gasteiger charge is -2.24. The van der Waals surface area contributed by atoms with E-state index < -0.39 is 5.54 Å². The number of rotatable bonds is 6. The van der Waals surface area contributed by atoms with Crippen LogP contribution in [0.1, 0.15) is 37.1 Å². The maximum absolute atomic E-state index is 12.4. The van der Waals surface area contributed by atoms with Crippen LogP contribution in [0.3, 0.4) is 0 Å². The van der Waals surface area contributed by atoms with Crippen LogP contribution in [0.4, 0.5) is 0 Å². The van der Waals surface area contributed by atoms with Crippen molar-refractivity contribution in [2.45, 2.75) is 37.8 Å². The van der Waals surface area contributed by atoms with Crippen molar-refractivity contribution in [1.29, 1.82) is 0 Å². The highest BCUT2D eigenvalue weighted by atomic mass is 79.9. The Morgan fingerprint density at radius 3 is 2.60 bits per heavy atom. The van der Waals surface area contributed by atoms with Crippen LogP contribution in [-0.4, -0.2) is 27.2 Å². The smallest absolute Gasteiger partial charge is 0.244 e. The maximum Gasteiger partial charge on any atom is 0.244 e. The van der Waals surface area contributed by atoms with Crippen LogP contribution >= 0.6 is 40.7 Å². The van der Waals surface area contributed by atoms with Gasteiger partial charge in [-0.15, -0.1) is 35.0 Å². The molecule has 9 heteroatoms. The molecule has 0 spiro atoms. The van der Waals surface area contributed by atoms with Gasteiger partial charge in [-0.25, -0.2) is 0 Å². The molecule has 1 aromatic carbocycles. The van der Waals surface area contributed by atoms with E-state index in [1.165, 1.54) is 12.8 Å². The first-order valence-corrected chi connectivity index (χ1v) is 8.48. The Balaban J connectivity index is 0.00000156. The predicted molar refractivity (Wildman–Crippen MR) is 105 cm³/mol. The zero-order valence-electron chi connectivity index (χ0n) is 13.8. The Labute approximate surface area is 167 Å². The fourth-order valence-electron chi connectivity index (χ4n) is 2.49. The molecule has 1 unspecified atom stereocenters. The highest BCUT2D eigenvalue weighted by molar-refractivity contribution is 9.10. The molecule has 1 aliphatic carbocycles. The Kier molecular flexibility index (Phi) is 7.87. The molecule has 0 radical (unpaired) electrons. The van der Waals surface area contributed by atoms with Crippen LogP contribution in [0.2, 0.25) is 0 Å². The summed E-state index contributed by atoms with van der Waals surface area (Å²) < 4.78 is 2.96. The van der Waals surface area contributed by atoms with Crippen molar-refractivity contribution in [3.8, 4) is 0 Å². The highest BCUT2D eigenvalue weighted by Gasteiger charge is 2.31. The van der Waals surface area contributed by atoms with Crippen molar-refractivity contribution in [1.82, 2.24) is 20.1 Å². The Morgan fingerprint density at radius 2 is 2.00 bits per heavy atom. The van der Waals surface area contributed by atoms with Gasteiger partial charge in [-0.1, -0.05) is 28.1 Å². The van der Waals surface area contributed by atoms with E-state index in [0.717, 1.165) is 15.9 Å². The molecule has 3 N–H and O–H groups in total. The minimum atomic E-state index is -1.06. The van der Waals surface area contributed by atoms with E-state index in [1.807, 2.05) is 28.8 Å². The first-order valence-electron chi connectivity index (χ1n) is 7.69. The fraction of sp³-hybridized carbons (Fsp3) is 0.438. The minimum Gasteiger partial charge on any atom is -0.352 e. The van der Waals surface area contributed by atoms with Crippen LogP contribution in [0.25, 0.3) is 0 Å². The molecule has 1 atom stereocenters. The van der Waals surface area contributed by atoms with Gasteiger partial charge in [-0.3, -0.25) is 4.79 Å². The Hall–Kier alpha value is -1.15. The lowest BCUT2D eigenvalue weighted by Crippen LogP contribution is -2.49. The van der Waals surface area contributed by atoms with Crippen LogP contribution in [0.15, 0.2) is 35.1 Å². The first kappa shape index (κ1) is 21.9. The number of carbonyl (C=O) groups is 1. The van der Waals surface area contributed by atoms with Gasteiger partial charge in [-0.2, -0.15) is 0 Å². The summed E-state index contributed by atoms with van der Waals surface area (Å²) in [5, 5.41) is 11.0. The van der Waals surface area contributed by atoms with Gasteiger partial charge >= 0.3 is 0 Å². The van der Waals surface area contributed by atoms with Gasteiger partial charge in [0, 0.05) is 23.5 Å². The van der Waals surface area contributed by atoms with E-state index in [0.29, 0.717) is 19.0 Å². The second-order valence-corrected chi connectivity index (χ2v) is 7.04. The van der Waals surface area contributed by atoms with Gasteiger partial charge in [0.25, 0.3) is 0 Å². The SMILES string of the molecule is CC(N)(C(=O)NCCn1cnnc1C1CC1)c1ccc(Br)cc1.Cl.Cl.